The summed E-state index contributed by atoms with van der Waals surface area (Å²) in [5.41, 5.74) is 2.25. The summed E-state index contributed by atoms with van der Waals surface area (Å²) in [6, 6.07) is 17.0. The Labute approximate surface area is 144 Å². The highest BCUT2D eigenvalue weighted by molar-refractivity contribution is 7.86. The summed E-state index contributed by atoms with van der Waals surface area (Å²) in [6.45, 7) is 6.25. The topological polar surface area (TPSA) is 46.6 Å². The van der Waals surface area contributed by atoms with E-state index >= 15 is 0 Å². The molecular formula is C19H23NO3S. The van der Waals surface area contributed by atoms with Crippen molar-refractivity contribution in [2.45, 2.75) is 31.4 Å². The predicted molar refractivity (Wildman–Crippen MR) is 94.1 cm³/mol. The van der Waals surface area contributed by atoms with Gasteiger partial charge in [-0.2, -0.15) is 8.42 Å². The van der Waals surface area contributed by atoms with Gasteiger partial charge in [0.25, 0.3) is 10.1 Å². The van der Waals surface area contributed by atoms with Gasteiger partial charge in [-0.05, 0) is 30.5 Å². The first-order valence-corrected chi connectivity index (χ1v) is 9.61. The normalized spacial score (nSPS) is 21.9. The van der Waals surface area contributed by atoms with Crippen molar-refractivity contribution in [3.05, 3.63) is 65.7 Å². The summed E-state index contributed by atoms with van der Waals surface area (Å²) < 4.78 is 30.5. The maximum Gasteiger partial charge on any atom is 0.297 e. The zero-order valence-electron chi connectivity index (χ0n) is 14.1. The minimum atomic E-state index is -3.72. The van der Waals surface area contributed by atoms with Gasteiger partial charge in [-0.1, -0.05) is 55.0 Å². The van der Waals surface area contributed by atoms with Crippen molar-refractivity contribution in [2.75, 3.05) is 13.1 Å². The molecule has 5 heteroatoms. The van der Waals surface area contributed by atoms with Crippen molar-refractivity contribution < 1.29 is 12.6 Å². The number of rotatable bonds is 5. The van der Waals surface area contributed by atoms with Crippen molar-refractivity contribution in [2.24, 2.45) is 5.92 Å². The molecule has 2 atom stereocenters. The third-order valence-electron chi connectivity index (χ3n) is 4.43. The van der Waals surface area contributed by atoms with Crippen LogP contribution in [0.15, 0.2) is 59.5 Å². The van der Waals surface area contributed by atoms with Crippen LogP contribution in [-0.2, 0) is 20.8 Å². The van der Waals surface area contributed by atoms with Crippen LogP contribution in [0.1, 0.15) is 18.1 Å². The van der Waals surface area contributed by atoms with Crippen LogP contribution in [0, 0.1) is 12.8 Å². The van der Waals surface area contributed by atoms with Gasteiger partial charge < -0.3 is 0 Å². The Hall–Kier alpha value is -1.69. The number of likely N-dealkylation sites (tertiary alicyclic amines) is 1. The molecule has 0 radical (unpaired) electrons. The van der Waals surface area contributed by atoms with Crippen LogP contribution < -0.4 is 0 Å². The molecule has 0 spiro atoms. The van der Waals surface area contributed by atoms with Crippen molar-refractivity contribution in [1.82, 2.24) is 4.90 Å². The van der Waals surface area contributed by atoms with Crippen LogP contribution in [0.25, 0.3) is 0 Å². The van der Waals surface area contributed by atoms with E-state index in [-0.39, 0.29) is 16.9 Å². The zero-order chi connectivity index (χ0) is 17.2. The lowest BCUT2D eigenvalue weighted by atomic mass is 10.1. The summed E-state index contributed by atoms with van der Waals surface area (Å²) in [5, 5.41) is 0. The van der Waals surface area contributed by atoms with E-state index in [1.807, 2.05) is 32.0 Å². The van der Waals surface area contributed by atoms with Crippen molar-refractivity contribution >= 4 is 10.1 Å². The second-order valence-corrected chi connectivity index (χ2v) is 8.13. The van der Waals surface area contributed by atoms with E-state index < -0.39 is 10.1 Å². The van der Waals surface area contributed by atoms with E-state index in [1.54, 1.807) is 24.3 Å². The highest BCUT2D eigenvalue weighted by Crippen LogP contribution is 2.25. The van der Waals surface area contributed by atoms with Gasteiger partial charge in [0.2, 0.25) is 0 Å². The van der Waals surface area contributed by atoms with Crippen LogP contribution >= 0.6 is 0 Å². The van der Waals surface area contributed by atoms with Gasteiger partial charge in [0.1, 0.15) is 0 Å². The van der Waals surface area contributed by atoms with Crippen LogP contribution in [0.4, 0.5) is 0 Å². The van der Waals surface area contributed by atoms with E-state index in [2.05, 4.69) is 17.0 Å². The number of aryl methyl sites for hydroxylation is 1. The van der Waals surface area contributed by atoms with E-state index in [9.17, 15) is 8.42 Å². The standard InChI is InChI=1S/C19H23NO3S/c1-15-8-10-18(11-9-15)24(21,22)23-19-14-20(12-16(19)2)13-17-6-4-3-5-7-17/h3-11,16,19H,12-14H2,1-2H3. The Morgan fingerprint density at radius 1 is 1.04 bits per heavy atom. The van der Waals surface area contributed by atoms with E-state index in [1.165, 1.54) is 5.56 Å². The van der Waals surface area contributed by atoms with Crippen LogP contribution in [0.2, 0.25) is 0 Å². The molecule has 3 rings (SSSR count). The molecule has 0 N–H and O–H groups in total. The maximum atomic E-state index is 12.5. The minimum Gasteiger partial charge on any atom is -0.296 e. The fourth-order valence-electron chi connectivity index (χ4n) is 3.05. The lowest BCUT2D eigenvalue weighted by molar-refractivity contribution is 0.180. The van der Waals surface area contributed by atoms with Gasteiger partial charge in [-0.15, -0.1) is 0 Å². The van der Waals surface area contributed by atoms with Crippen molar-refractivity contribution in [1.29, 1.82) is 0 Å². The summed E-state index contributed by atoms with van der Waals surface area (Å²) >= 11 is 0. The molecular weight excluding hydrogens is 322 g/mol. The molecule has 128 valence electrons. The highest BCUT2D eigenvalue weighted by atomic mass is 32.2. The van der Waals surface area contributed by atoms with Gasteiger partial charge in [-0.3, -0.25) is 9.08 Å². The predicted octanol–water partition coefficient (Wildman–Crippen LogP) is 3.22. The van der Waals surface area contributed by atoms with E-state index in [0.29, 0.717) is 6.54 Å². The molecule has 2 unspecified atom stereocenters. The molecule has 1 aliphatic rings. The summed E-state index contributed by atoms with van der Waals surface area (Å²) in [4.78, 5) is 2.47. The average Bonchev–Trinajstić information content (AvgIpc) is 2.87. The van der Waals surface area contributed by atoms with Gasteiger partial charge >= 0.3 is 0 Å². The Morgan fingerprint density at radius 2 is 1.71 bits per heavy atom. The molecule has 4 nitrogen and oxygen atoms in total. The molecule has 0 saturated carbocycles. The van der Waals surface area contributed by atoms with E-state index in [0.717, 1.165) is 18.7 Å². The number of hydrogen-bond acceptors (Lipinski definition) is 4. The van der Waals surface area contributed by atoms with E-state index in [4.69, 9.17) is 4.18 Å². The van der Waals surface area contributed by atoms with Crippen LogP contribution in [0.5, 0.6) is 0 Å². The van der Waals surface area contributed by atoms with Gasteiger partial charge in [0, 0.05) is 19.6 Å². The molecule has 0 aliphatic carbocycles. The van der Waals surface area contributed by atoms with Crippen LogP contribution in [-0.4, -0.2) is 32.5 Å². The molecule has 0 bridgehead atoms. The SMILES string of the molecule is Cc1ccc(S(=O)(=O)OC2CN(Cc3ccccc3)CC2C)cc1. The smallest absolute Gasteiger partial charge is 0.296 e. The molecule has 2 aromatic carbocycles. The minimum absolute atomic E-state index is 0.175. The molecule has 0 amide bonds. The fourth-order valence-corrected chi connectivity index (χ4v) is 4.21. The highest BCUT2D eigenvalue weighted by Gasteiger charge is 2.34. The molecule has 1 saturated heterocycles. The van der Waals surface area contributed by atoms with Crippen molar-refractivity contribution in [3.8, 4) is 0 Å². The number of hydrogen-bond donors (Lipinski definition) is 0. The number of nitrogens with zero attached hydrogens (tertiary/aromatic N) is 1. The lowest BCUT2D eigenvalue weighted by Gasteiger charge is -2.16. The second kappa shape index (κ2) is 7.05. The first-order valence-electron chi connectivity index (χ1n) is 8.20. The monoisotopic (exact) mass is 345 g/mol. The number of benzene rings is 2. The molecule has 24 heavy (non-hydrogen) atoms. The fraction of sp³-hybridized carbons (Fsp3) is 0.368. The average molecular weight is 345 g/mol. The summed E-state index contributed by atoms with van der Waals surface area (Å²) in [7, 11) is -3.72. The largest absolute Gasteiger partial charge is 0.297 e. The van der Waals surface area contributed by atoms with Gasteiger partial charge in [0.15, 0.2) is 0 Å². The summed E-state index contributed by atoms with van der Waals surface area (Å²) in [5.74, 6) is 0.175. The quantitative estimate of drug-likeness (QED) is 0.781. The third kappa shape index (κ3) is 4.04. The molecule has 1 aliphatic heterocycles. The molecule has 2 aromatic rings. The lowest BCUT2D eigenvalue weighted by Crippen LogP contribution is -2.26. The third-order valence-corrected chi connectivity index (χ3v) is 5.78. The Bertz CT molecular complexity index is 772. The first-order chi connectivity index (χ1) is 11.4. The Balaban J connectivity index is 1.66. The van der Waals surface area contributed by atoms with Gasteiger partial charge in [-0.25, -0.2) is 0 Å². The molecule has 1 heterocycles. The maximum absolute atomic E-state index is 12.5. The molecule has 1 fully saturated rings. The summed E-state index contributed by atoms with van der Waals surface area (Å²) in [6.07, 6.45) is -0.306. The van der Waals surface area contributed by atoms with Crippen molar-refractivity contribution in [3.63, 3.8) is 0 Å². The first kappa shape index (κ1) is 17.1. The Morgan fingerprint density at radius 3 is 2.38 bits per heavy atom. The molecule has 0 aromatic heterocycles. The van der Waals surface area contributed by atoms with Crippen LogP contribution in [0.3, 0.4) is 0 Å². The second-order valence-electron chi connectivity index (χ2n) is 6.56. The Kier molecular flexibility index (Phi) is 5.04. The van der Waals surface area contributed by atoms with Gasteiger partial charge in [0.05, 0.1) is 11.0 Å². The zero-order valence-corrected chi connectivity index (χ0v) is 14.9.